The molecule has 0 saturated heterocycles. The van der Waals surface area contributed by atoms with Crippen molar-refractivity contribution in [1.29, 1.82) is 0 Å². The van der Waals surface area contributed by atoms with Crippen LogP contribution in [0.1, 0.15) is 12.0 Å². The van der Waals surface area contributed by atoms with Crippen LogP contribution < -0.4 is 11.1 Å². The fraction of sp³-hybridized carbons (Fsp3) is 0.455. The Morgan fingerprint density at radius 1 is 1.62 bits per heavy atom. The number of pyridine rings is 1. The van der Waals surface area contributed by atoms with Crippen LogP contribution in [0.2, 0.25) is 0 Å². The van der Waals surface area contributed by atoms with Gasteiger partial charge in [-0.3, -0.25) is 4.79 Å². The molecule has 0 radical (unpaired) electrons. The number of aromatic nitrogens is 1. The van der Waals surface area contributed by atoms with Gasteiger partial charge in [0.05, 0.1) is 12.5 Å². The van der Waals surface area contributed by atoms with Gasteiger partial charge in [-0.2, -0.15) is 0 Å². The fourth-order valence-corrected chi connectivity index (χ4v) is 1.21. The summed E-state index contributed by atoms with van der Waals surface area (Å²) in [5.74, 6) is 0.399. The monoisotopic (exact) mass is 223 g/mol. The second kappa shape index (κ2) is 6.19. The summed E-state index contributed by atoms with van der Waals surface area (Å²) in [6.45, 7) is 2.26. The van der Waals surface area contributed by atoms with Crippen molar-refractivity contribution in [2.45, 2.75) is 19.4 Å². The third kappa shape index (κ3) is 3.96. The number of nitrogens with zero attached hydrogens (tertiary/aromatic N) is 1. The SMILES string of the molecule is COC(CN)CC(=O)Nc1ccc(C)cn1. The van der Waals surface area contributed by atoms with Crippen LogP contribution in [-0.4, -0.2) is 30.6 Å². The maximum absolute atomic E-state index is 11.5. The van der Waals surface area contributed by atoms with Crippen LogP contribution in [0.15, 0.2) is 18.3 Å². The van der Waals surface area contributed by atoms with Crippen LogP contribution in [0.5, 0.6) is 0 Å². The van der Waals surface area contributed by atoms with Crippen LogP contribution in [0.4, 0.5) is 5.82 Å². The van der Waals surface area contributed by atoms with Crippen LogP contribution in [0.3, 0.4) is 0 Å². The number of ether oxygens (including phenoxy) is 1. The standard InChI is InChI=1S/C11H17N3O2/c1-8-3-4-10(13-7-8)14-11(15)5-9(6-12)16-2/h3-4,7,9H,5-6,12H2,1-2H3,(H,13,14,15). The Morgan fingerprint density at radius 2 is 2.38 bits per heavy atom. The first kappa shape index (κ1) is 12.6. The number of nitrogens with two attached hydrogens (primary N) is 1. The van der Waals surface area contributed by atoms with Crippen molar-refractivity contribution in [2.75, 3.05) is 19.0 Å². The van der Waals surface area contributed by atoms with Gasteiger partial charge in [0.25, 0.3) is 0 Å². The average Bonchev–Trinajstić information content (AvgIpc) is 2.29. The smallest absolute Gasteiger partial charge is 0.228 e. The van der Waals surface area contributed by atoms with Gasteiger partial charge in [-0.1, -0.05) is 6.07 Å². The van der Waals surface area contributed by atoms with E-state index >= 15 is 0 Å². The van der Waals surface area contributed by atoms with Gasteiger partial charge in [0.2, 0.25) is 5.91 Å². The number of carbonyl (C=O) groups excluding carboxylic acids is 1. The fourth-order valence-electron chi connectivity index (χ4n) is 1.21. The van der Waals surface area contributed by atoms with Gasteiger partial charge in [-0.15, -0.1) is 0 Å². The van der Waals surface area contributed by atoms with Gasteiger partial charge in [0.15, 0.2) is 0 Å². The van der Waals surface area contributed by atoms with E-state index in [9.17, 15) is 4.79 Å². The summed E-state index contributed by atoms with van der Waals surface area (Å²) in [6, 6.07) is 3.65. The highest BCUT2D eigenvalue weighted by Crippen LogP contribution is 2.05. The molecule has 0 aliphatic rings. The molecule has 0 saturated carbocycles. The highest BCUT2D eigenvalue weighted by molar-refractivity contribution is 5.90. The summed E-state index contributed by atoms with van der Waals surface area (Å²) in [7, 11) is 1.54. The molecule has 0 bridgehead atoms. The molecule has 16 heavy (non-hydrogen) atoms. The Morgan fingerprint density at radius 3 is 2.88 bits per heavy atom. The first-order valence-corrected chi connectivity index (χ1v) is 5.11. The summed E-state index contributed by atoms with van der Waals surface area (Å²) < 4.78 is 5.02. The van der Waals surface area contributed by atoms with Gasteiger partial charge in [-0.25, -0.2) is 4.98 Å². The highest BCUT2D eigenvalue weighted by atomic mass is 16.5. The molecular weight excluding hydrogens is 206 g/mol. The van der Waals surface area contributed by atoms with Gasteiger partial charge in [0, 0.05) is 19.9 Å². The highest BCUT2D eigenvalue weighted by Gasteiger charge is 2.11. The molecule has 5 heteroatoms. The maximum atomic E-state index is 11.5. The quantitative estimate of drug-likeness (QED) is 0.770. The van der Waals surface area contributed by atoms with E-state index in [1.165, 1.54) is 7.11 Å². The van der Waals surface area contributed by atoms with E-state index in [-0.39, 0.29) is 18.4 Å². The average molecular weight is 223 g/mol. The predicted molar refractivity (Wildman–Crippen MR) is 62.1 cm³/mol. The molecule has 0 aromatic carbocycles. The maximum Gasteiger partial charge on any atom is 0.228 e. The Balaban J connectivity index is 2.48. The Bertz CT molecular complexity index is 334. The minimum Gasteiger partial charge on any atom is -0.380 e. The number of rotatable bonds is 5. The molecular formula is C11H17N3O2. The zero-order valence-corrected chi connectivity index (χ0v) is 9.56. The van der Waals surface area contributed by atoms with E-state index in [2.05, 4.69) is 10.3 Å². The second-order valence-corrected chi connectivity index (χ2v) is 3.57. The van der Waals surface area contributed by atoms with Crippen molar-refractivity contribution < 1.29 is 9.53 Å². The largest absolute Gasteiger partial charge is 0.380 e. The molecule has 3 N–H and O–H groups in total. The Hall–Kier alpha value is -1.46. The minimum absolute atomic E-state index is 0.145. The van der Waals surface area contributed by atoms with Gasteiger partial charge >= 0.3 is 0 Å². The van der Waals surface area contributed by atoms with E-state index < -0.39 is 0 Å². The molecule has 88 valence electrons. The lowest BCUT2D eigenvalue weighted by molar-refractivity contribution is -0.118. The van der Waals surface area contributed by atoms with Crippen LogP contribution in [0, 0.1) is 6.92 Å². The van der Waals surface area contributed by atoms with Crippen LogP contribution in [0.25, 0.3) is 0 Å². The molecule has 1 aromatic heterocycles. The van der Waals surface area contributed by atoms with Crippen molar-refractivity contribution in [2.24, 2.45) is 5.73 Å². The number of anilines is 1. The number of amides is 1. The molecule has 0 fully saturated rings. The molecule has 1 atom stereocenters. The number of carbonyl (C=O) groups is 1. The molecule has 1 rings (SSSR count). The molecule has 0 aliphatic heterocycles. The molecule has 1 unspecified atom stereocenters. The lowest BCUT2D eigenvalue weighted by Crippen LogP contribution is -2.28. The van der Waals surface area contributed by atoms with E-state index in [1.54, 1.807) is 12.3 Å². The Labute approximate surface area is 95.0 Å². The van der Waals surface area contributed by atoms with E-state index in [0.29, 0.717) is 12.4 Å². The van der Waals surface area contributed by atoms with E-state index in [1.807, 2.05) is 13.0 Å². The van der Waals surface area contributed by atoms with Crippen molar-refractivity contribution in [3.63, 3.8) is 0 Å². The van der Waals surface area contributed by atoms with E-state index in [0.717, 1.165) is 5.56 Å². The van der Waals surface area contributed by atoms with Crippen LogP contribution in [-0.2, 0) is 9.53 Å². The topological polar surface area (TPSA) is 77.2 Å². The van der Waals surface area contributed by atoms with Crippen molar-refractivity contribution in [1.82, 2.24) is 4.98 Å². The molecule has 1 amide bonds. The summed E-state index contributed by atoms with van der Waals surface area (Å²) in [4.78, 5) is 15.6. The first-order valence-electron chi connectivity index (χ1n) is 5.11. The zero-order chi connectivity index (χ0) is 12.0. The number of hydrogen-bond donors (Lipinski definition) is 2. The number of hydrogen-bond acceptors (Lipinski definition) is 4. The lowest BCUT2D eigenvalue weighted by Gasteiger charge is -2.12. The summed E-state index contributed by atoms with van der Waals surface area (Å²) in [5, 5.41) is 2.68. The lowest BCUT2D eigenvalue weighted by atomic mass is 10.2. The third-order valence-electron chi connectivity index (χ3n) is 2.19. The number of aryl methyl sites for hydroxylation is 1. The molecule has 1 heterocycles. The van der Waals surface area contributed by atoms with E-state index in [4.69, 9.17) is 10.5 Å². The van der Waals surface area contributed by atoms with Crippen molar-refractivity contribution >= 4 is 11.7 Å². The normalized spacial score (nSPS) is 12.2. The predicted octanol–water partition coefficient (Wildman–Crippen LogP) is 0.692. The third-order valence-corrected chi connectivity index (χ3v) is 2.19. The Kier molecular flexibility index (Phi) is 4.88. The van der Waals surface area contributed by atoms with Gasteiger partial charge in [-0.05, 0) is 18.6 Å². The second-order valence-electron chi connectivity index (χ2n) is 3.57. The molecule has 1 aromatic rings. The molecule has 0 aliphatic carbocycles. The van der Waals surface area contributed by atoms with Gasteiger partial charge in [0.1, 0.15) is 5.82 Å². The van der Waals surface area contributed by atoms with Crippen molar-refractivity contribution in [3.8, 4) is 0 Å². The number of nitrogens with one attached hydrogen (secondary N) is 1. The van der Waals surface area contributed by atoms with Crippen LogP contribution >= 0.6 is 0 Å². The molecule has 0 spiro atoms. The molecule has 5 nitrogen and oxygen atoms in total. The van der Waals surface area contributed by atoms with Crippen molar-refractivity contribution in [3.05, 3.63) is 23.9 Å². The summed E-state index contributed by atoms with van der Waals surface area (Å²) in [6.07, 6.45) is 1.69. The summed E-state index contributed by atoms with van der Waals surface area (Å²) in [5.41, 5.74) is 6.47. The zero-order valence-electron chi connectivity index (χ0n) is 9.56. The van der Waals surface area contributed by atoms with Gasteiger partial charge < -0.3 is 15.8 Å². The number of methoxy groups -OCH3 is 1. The summed E-state index contributed by atoms with van der Waals surface area (Å²) >= 11 is 0. The first-order chi connectivity index (χ1) is 7.65. The minimum atomic E-state index is -0.245.